The van der Waals surface area contributed by atoms with Gasteiger partial charge in [-0.2, -0.15) is 4.31 Å². The Hall–Kier alpha value is -1.44. The Bertz CT molecular complexity index is 566. The van der Waals surface area contributed by atoms with Crippen molar-refractivity contribution in [1.29, 1.82) is 0 Å². The zero-order chi connectivity index (χ0) is 15.3. The summed E-state index contributed by atoms with van der Waals surface area (Å²) in [7, 11) is -3.38. The topological polar surface area (TPSA) is 69.7 Å². The highest BCUT2D eigenvalue weighted by Gasteiger charge is 2.27. The van der Waals surface area contributed by atoms with Gasteiger partial charge in [-0.05, 0) is 12.1 Å². The third kappa shape index (κ3) is 4.26. The van der Waals surface area contributed by atoms with E-state index in [0.29, 0.717) is 37.6 Å². The number of hydrogen-bond donors (Lipinski definition) is 1. The maximum absolute atomic E-state index is 12.4. The minimum Gasteiger partial charge on any atom is -0.355 e. The Kier molecular flexibility index (Phi) is 5.33. The number of nitrogens with zero attached hydrogens (tertiary/aromatic N) is 2. The van der Waals surface area contributed by atoms with E-state index in [2.05, 4.69) is 10.2 Å². The second kappa shape index (κ2) is 7.02. The molecule has 1 amide bonds. The van der Waals surface area contributed by atoms with Gasteiger partial charge >= 0.3 is 0 Å². The lowest BCUT2D eigenvalue weighted by Crippen LogP contribution is -2.50. The number of nitrogens with one attached hydrogen (secondary N) is 1. The van der Waals surface area contributed by atoms with Crippen LogP contribution in [0.3, 0.4) is 0 Å². The van der Waals surface area contributed by atoms with E-state index in [1.54, 1.807) is 30.3 Å². The molecule has 1 heterocycles. The van der Waals surface area contributed by atoms with Crippen molar-refractivity contribution in [3.05, 3.63) is 30.3 Å². The maximum atomic E-state index is 12.4. The van der Waals surface area contributed by atoms with Crippen molar-refractivity contribution in [2.45, 2.75) is 11.8 Å². The van der Waals surface area contributed by atoms with Gasteiger partial charge in [-0.25, -0.2) is 8.42 Å². The second-order valence-electron chi connectivity index (χ2n) is 5.04. The highest BCUT2D eigenvalue weighted by atomic mass is 32.2. The van der Waals surface area contributed by atoms with Crippen molar-refractivity contribution < 1.29 is 13.2 Å². The number of benzene rings is 1. The number of carbonyl (C=O) groups excluding carboxylic acids is 1. The van der Waals surface area contributed by atoms with E-state index in [4.69, 9.17) is 0 Å². The summed E-state index contributed by atoms with van der Waals surface area (Å²) in [6, 6.07) is 8.52. The molecule has 6 nitrogen and oxygen atoms in total. The normalized spacial score (nSPS) is 17.6. The van der Waals surface area contributed by atoms with Gasteiger partial charge in [0.15, 0.2) is 0 Å². The van der Waals surface area contributed by atoms with E-state index in [0.717, 1.165) is 6.54 Å². The molecule has 1 saturated heterocycles. The summed E-state index contributed by atoms with van der Waals surface area (Å²) in [5.74, 6) is -0.0414. The highest BCUT2D eigenvalue weighted by Crippen LogP contribution is 2.16. The lowest BCUT2D eigenvalue weighted by Gasteiger charge is -2.33. The predicted molar refractivity (Wildman–Crippen MR) is 80.3 cm³/mol. The van der Waals surface area contributed by atoms with Crippen molar-refractivity contribution in [3.8, 4) is 0 Å². The van der Waals surface area contributed by atoms with Crippen molar-refractivity contribution in [1.82, 2.24) is 14.5 Å². The van der Waals surface area contributed by atoms with E-state index in [1.165, 1.54) is 11.2 Å². The lowest BCUT2D eigenvalue weighted by atomic mass is 10.3. The quantitative estimate of drug-likeness (QED) is 0.839. The van der Waals surface area contributed by atoms with E-state index in [-0.39, 0.29) is 5.91 Å². The summed E-state index contributed by atoms with van der Waals surface area (Å²) >= 11 is 0. The van der Waals surface area contributed by atoms with E-state index >= 15 is 0 Å². The molecular formula is C14H21N3O3S. The molecule has 1 fully saturated rings. The monoisotopic (exact) mass is 311 g/mol. The zero-order valence-electron chi connectivity index (χ0n) is 12.2. The van der Waals surface area contributed by atoms with Crippen LogP contribution >= 0.6 is 0 Å². The molecule has 0 bridgehead atoms. The largest absolute Gasteiger partial charge is 0.355 e. The summed E-state index contributed by atoms with van der Waals surface area (Å²) in [6.07, 6.45) is 0. The molecule has 1 aromatic rings. The molecule has 0 atom stereocenters. The molecule has 0 unspecified atom stereocenters. The van der Waals surface area contributed by atoms with Crippen LogP contribution in [0.2, 0.25) is 0 Å². The summed E-state index contributed by atoms with van der Waals surface area (Å²) in [5.41, 5.74) is 0. The van der Waals surface area contributed by atoms with Crippen LogP contribution in [0, 0.1) is 0 Å². The fraction of sp³-hybridized carbons (Fsp3) is 0.500. The van der Waals surface area contributed by atoms with Crippen LogP contribution in [-0.2, 0) is 14.8 Å². The van der Waals surface area contributed by atoms with Crippen LogP contribution in [0.4, 0.5) is 0 Å². The summed E-state index contributed by atoms with van der Waals surface area (Å²) < 4.78 is 26.4. The van der Waals surface area contributed by atoms with Gasteiger partial charge in [-0.15, -0.1) is 0 Å². The first kappa shape index (κ1) is 15.9. The third-order valence-electron chi connectivity index (χ3n) is 3.51. The first-order chi connectivity index (χ1) is 10.00. The van der Waals surface area contributed by atoms with Crippen LogP contribution in [-0.4, -0.2) is 62.8 Å². The van der Waals surface area contributed by atoms with Gasteiger partial charge in [0.25, 0.3) is 0 Å². The maximum Gasteiger partial charge on any atom is 0.243 e. The van der Waals surface area contributed by atoms with Crippen LogP contribution in [0.5, 0.6) is 0 Å². The van der Waals surface area contributed by atoms with E-state index in [9.17, 15) is 13.2 Å². The van der Waals surface area contributed by atoms with E-state index < -0.39 is 10.0 Å². The van der Waals surface area contributed by atoms with Gasteiger partial charge in [0.1, 0.15) is 0 Å². The number of rotatable bonds is 5. The van der Waals surface area contributed by atoms with Gasteiger partial charge in [0.2, 0.25) is 15.9 Å². The molecule has 0 aromatic heterocycles. The van der Waals surface area contributed by atoms with Crippen molar-refractivity contribution >= 4 is 15.9 Å². The zero-order valence-corrected chi connectivity index (χ0v) is 13.0. The Morgan fingerprint density at radius 2 is 1.76 bits per heavy atom. The van der Waals surface area contributed by atoms with Gasteiger partial charge < -0.3 is 5.32 Å². The molecule has 1 aliphatic rings. The summed E-state index contributed by atoms with van der Waals surface area (Å²) in [4.78, 5) is 13.3. The fourth-order valence-electron chi connectivity index (χ4n) is 2.33. The first-order valence-corrected chi connectivity index (χ1v) is 8.46. The molecule has 2 rings (SSSR count). The molecule has 1 aromatic carbocycles. The van der Waals surface area contributed by atoms with Crippen LogP contribution in [0.15, 0.2) is 35.2 Å². The van der Waals surface area contributed by atoms with Gasteiger partial charge in [0.05, 0.1) is 4.90 Å². The molecule has 0 spiro atoms. The molecule has 7 heteroatoms. The molecule has 0 aliphatic carbocycles. The molecule has 0 radical (unpaired) electrons. The number of hydrogen-bond acceptors (Lipinski definition) is 4. The number of sulfonamides is 1. The van der Waals surface area contributed by atoms with Gasteiger partial charge in [-0.3, -0.25) is 9.69 Å². The van der Waals surface area contributed by atoms with Crippen molar-refractivity contribution in [2.24, 2.45) is 0 Å². The minimum absolute atomic E-state index is 0.0414. The van der Waals surface area contributed by atoms with Crippen LogP contribution in [0.1, 0.15) is 6.92 Å². The van der Waals surface area contributed by atoms with Crippen molar-refractivity contribution in [3.63, 3.8) is 0 Å². The van der Waals surface area contributed by atoms with Gasteiger partial charge in [-0.1, -0.05) is 18.2 Å². The van der Waals surface area contributed by atoms with Gasteiger partial charge in [0, 0.05) is 46.2 Å². The van der Waals surface area contributed by atoms with Crippen LogP contribution in [0.25, 0.3) is 0 Å². The Labute approximate surface area is 125 Å². The lowest BCUT2D eigenvalue weighted by molar-refractivity contribution is -0.119. The minimum atomic E-state index is -3.38. The third-order valence-corrected chi connectivity index (χ3v) is 5.43. The smallest absolute Gasteiger partial charge is 0.243 e. The average Bonchev–Trinajstić information content (AvgIpc) is 2.48. The SMILES string of the molecule is CC(=O)NCCN1CCN(S(=O)(=O)c2ccccc2)CC1. The molecule has 116 valence electrons. The molecule has 21 heavy (non-hydrogen) atoms. The van der Waals surface area contributed by atoms with Crippen molar-refractivity contribution in [2.75, 3.05) is 39.3 Å². The number of carbonyl (C=O) groups is 1. The molecule has 0 saturated carbocycles. The molecule has 1 aliphatic heterocycles. The Balaban J connectivity index is 1.88. The number of piperazine rings is 1. The molecule has 1 N–H and O–H groups in total. The molecular weight excluding hydrogens is 290 g/mol. The average molecular weight is 311 g/mol. The summed E-state index contributed by atoms with van der Waals surface area (Å²) in [6.45, 7) is 5.18. The highest BCUT2D eigenvalue weighted by molar-refractivity contribution is 7.89. The standard InChI is InChI=1S/C14H21N3O3S/c1-13(18)15-7-8-16-9-11-17(12-10-16)21(19,20)14-5-3-2-4-6-14/h2-6H,7-12H2,1H3,(H,15,18). The first-order valence-electron chi connectivity index (χ1n) is 7.02. The summed E-state index contributed by atoms with van der Waals surface area (Å²) in [5, 5.41) is 2.75. The fourth-order valence-corrected chi connectivity index (χ4v) is 3.77. The van der Waals surface area contributed by atoms with E-state index in [1.807, 2.05) is 0 Å². The van der Waals surface area contributed by atoms with Crippen LogP contribution < -0.4 is 5.32 Å². The predicted octanol–water partition coefficient (Wildman–Crippen LogP) is 0.129. The Morgan fingerprint density at radius 1 is 1.14 bits per heavy atom. The Morgan fingerprint density at radius 3 is 2.33 bits per heavy atom. The number of amides is 1. The second-order valence-corrected chi connectivity index (χ2v) is 6.98.